The summed E-state index contributed by atoms with van der Waals surface area (Å²) in [6, 6.07) is 0. The molecule has 0 aliphatic rings. The zero-order chi connectivity index (χ0) is 47.2. The molecule has 0 radical (unpaired) electrons. The second-order valence-electron chi connectivity index (χ2n) is 20.3. The fourth-order valence-corrected chi connectivity index (χ4v) is 9.15. The molecule has 0 saturated carbocycles. The largest absolute Gasteiger partial charge is 0.462 e. The Labute approximate surface area is 406 Å². The van der Waals surface area contributed by atoms with Crippen molar-refractivity contribution in [1.82, 2.24) is 0 Å². The van der Waals surface area contributed by atoms with Crippen molar-refractivity contribution < 1.29 is 28.6 Å². The number of carbonyl (C=O) groups excluding carboxylic acids is 3. The molecule has 0 aromatic heterocycles. The Hall–Kier alpha value is -1.59. The topological polar surface area (TPSA) is 78.9 Å². The van der Waals surface area contributed by atoms with E-state index in [1.165, 1.54) is 244 Å². The van der Waals surface area contributed by atoms with Crippen LogP contribution in [0.1, 0.15) is 342 Å². The molecule has 0 aliphatic carbocycles. The van der Waals surface area contributed by atoms with Crippen LogP contribution in [0.5, 0.6) is 0 Å². The van der Waals surface area contributed by atoms with E-state index in [9.17, 15) is 14.4 Å². The molecule has 0 spiro atoms. The standard InChI is InChI=1S/C59H114O6/c1-4-7-10-13-16-19-22-25-27-29-31-34-37-40-43-46-49-52-58(61)64-55-56(54-63-57(60)51-48-45-42-39-36-33-24-21-18-15-12-9-6-3)65-59(62)53-50-47-44-41-38-35-32-30-28-26-23-20-17-14-11-8-5-2/h56H,4-55H2,1-3H3. The van der Waals surface area contributed by atoms with Gasteiger partial charge in [-0.2, -0.15) is 0 Å². The molecule has 0 aromatic carbocycles. The molecule has 386 valence electrons. The van der Waals surface area contributed by atoms with Crippen molar-refractivity contribution in [3.05, 3.63) is 0 Å². The Morgan fingerprint density at radius 3 is 0.615 bits per heavy atom. The second kappa shape index (κ2) is 55.0. The van der Waals surface area contributed by atoms with Crippen molar-refractivity contribution in [3.8, 4) is 0 Å². The van der Waals surface area contributed by atoms with E-state index in [2.05, 4.69) is 20.8 Å². The molecular weight excluding hydrogens is 805 g/mol. The smallest absolute Gasteiger partial charge is 0.306 e. The maximum atomic E-state index is 12.9. The van der Waals surface area contributed by atoms with Gasteiger partial charge in [-0.15, -0.1) is 0 Å². The number of carbonyl (C=O) groups is 3. The van der Waals surface area contributed by atoms with Crippen LogP contribution in [0, 0.1) is 0 Å². The maximum Gasteiger partial charge on any atom is 0.306 e. The molecular formula is C59H114O6. The van der Waals surface area contributed by atoms with Crippen LogP contribution in [0.25, 0.3) is 0 Å². The number of esters is 3. The molecule has 0 aliphatic heterocycles. The van der Waals surface area contributed by atoms with Crippen LogP contribution in [0.4, 0.5) is 0 Å². The lowest BCUT2D eigenvalue weighted by molar-refractivity contribution is -0.167. The van der Waals surface area contributed by atoms with Crippen LogP contribution in [0.2, 0.25) is 0 Å². The molecule has 0 heterocycles. The zero-order valence-electron chi connectivity index (χ0n) is 44.3. The van der Waals surface area contributed by atoms with Crippen molar-refractivity contribution in [3.63, 3.8) is 0 Å². The number of rotatable bonds is 55. The van der Waals surface area contributed by atoms with Gasteiger partial charge in [-0.3, -0.25) is 14.4 Å². The predicted molar refractivity (Wildman–Crippen MR) is 280 cm³/mol. The van der Waals surface area contributed by atoms with Gasteiger partial charge >= 0.3 is 17.9 Å². The molecule has 6 nitrogen and oxygen atoms in total. The molecule has 0 fully saturated rings. The van der Waals surface area contributed by atoms with Crippen LogP contribution in [-0.2, 0) is 28.6 Å². The molecule has 0 rings (SSSR count). The van der Waals surface area contributed by atoms with Crippen LogP contribution >= 0.6 is 0 Å². The summed E-state index contributed by atoms with van der Waals surface area (Å²) in [5, 5.41) is 0. The third-order valence-corrected chi connectivity index (χ3v) is 13.6. The third-order valence-electron chi connectivity index (χ3n) is 13.6. The van der Waals surface area contributed by atoms with Gasteiger partial charge in [0, 0.05) is 19.3 Å². The number of ether oxygens (including phenoxy) is 3. The summed E-state index contributed by atoms with van der Waals surface area (Å²) in [5.41, 5.74) is 0. The Balaban J connectivity index is 4.28. The lowest BCUT2D eigenvalue weighted by Gasteiger charge is -2.18. The minimum atomic E-state index is -0.761. The predicted octanol–water partition coefficient (Wildman–Crippen LogP) is 19.5. The van der Waals surface area contributed by atoms with E-state index in [1.807, 2.05) is 0 Å². The maximum absolute atomic E-state index is 12.9. The quantitative estimate of drug-likeness (QED) is 0.0344. The summed E-state index contributed by atoms with van der Waals surface area (Å²) < 4.78 is 16.9. The zero-order valence-corrected chi connectivity index (χ0v) is 44.3. The molecule has 1 unspecified atom stereocenters. The van der Waals surface area contributed by atoms with Crippen LogP contribution in [0.3, 0.4) is 0 Å². The summed E-state index contributed by atoms with van der Waals surface area (Å²) in [6.07, 6.45) is 60.9. The van der Waals surface area contributed by atoms with E-state index in [4.69, 9.17) is 14.2 Å². The van der Waals surface area contributed by atoms with E-state index in [-0.39, 0.29) is 31.1 Å². The molecule has 6 heteroatoms. The van der Waals surface area contributed by atoms with Gasteiger partial charge in [-0.25, -0.2) is 0 Å². The summed E-state index contributed by atoms with van der Waals surface area (Å²) >= 11 is 0. The molecule has 0 amide bonds. The first-order valence-corrected chi connectivity index (χ1v) is 29.5. The van der Waals surface area contributed by atoms with Crippen molar-refractivity contribution in [1.29, 1.82) is 0 Å². The van der Waals surface area contributed by atoms with Crippen LogP contribution in [-0.4, -0.2) is 37.2 Å². The van der Waals surface area contributed by atoms with E-state index in [1.54, 1.807) is 0 Å². The summed E-state index contributed by atoms with van der Waals surface area (Å²) in [6.45, 7) is 6.71. The fraction of sp³-hybridized carbons (Fsp3) is 0.949. The van der Waals surface area contributed by atoms with E-state index in [0.717, 1.165) is 57.8 Å². The Morgan fingerprint density at radius 2 is 0.415 bits per heavy atom. The van der Waals surface area contributed by atoms with Gasteiger partial charge < -0.3 is 14.2 Å². The molecule has 0 N–H and O–H groups in total. The summed E-state index contributed by atoms with van der Waals surface area (Å²) in [5.74, 6) is -0.830. The molecule has 0 bridgehead atoms. The highest BCUT2D eigenvalue weighted by atomic mass is 16.6. The normalized spacial score (nSPS) is 11.9. The van der Waals surface area contributed by atoms with E-state index >= 15 is 0 Å². The van der Waals surface area contributed by atoms with Crippen molar-refractivity contribution >= 4 is 17.9 Å². The van der Waals surface area contributed by atoms with Crippen LogP contribution in [0.15, 0.2) is 0 Å². The average Bonchev–Trinajstić information content (AvgIpc) is 3.30. The number of hydrogen-bond acceptors (Lipinski definition) is 6. The second-order valence-corrected chi connectivity index (χ2v) is 20.3. The monoisotopic (exact) mass is 919 g/mol. The highest BCUT2D eigenvalue weighted by Gasteiger charge is 2.19. The van der Waals surface area contributed by atoms with Crippen molar-refractivity contribution in [2.45, 2.75) is 348 Å². The summed E-state index contributed by atoms with van der Waals surface area (Å²) in [4.78, 5) is 38.1. The van der Waals surface area contributed by atoms with Gasteiger partial charge in [0.15, 0.2) is 6.10 Å². The lowest BCUT2D eigenvalue weighted by Crippen LogP contribution is -2.30. The van der Waals surface area contributed by atoms with Gasteiger partial charge in [-0.1, -0.05) is 303 Å². The minimum Gasteiger partial charge on any atom is -0.462 e. The molecule has 65 heavy (non-hydrogen) atoms. The lowest BCUT2D eigenvalue weighted by atomic mass is 10.0. The Morgan fingerprint density at radius 1 is 0.246 bits per heavy atom. The van der Waals surface area contributed by atoms with Crippen molar-refractivity contribution in [2.24, 2.45) is 0 Å². The van der Waals surface area contributed by atoms with Crippen molar-refractivity contribution in [2.75, 3.05) is 13.2 Å². The first-order chi connectivity index (χ1) is 32.0. The Bertz CT molecular complexity index is 967. The van der Waals surface area contributed by atoms with Crippen LogP contribution < -0.4 is 0 Å². The molecule has 0 aromatic rings. The van der Waals surface area contributed by atoms with Gasteiger partial charge in [0.25, 0.3) is 0 Å². The minimum absolute atomic E-state index is 0.0609. The van der Waals surface area contributed by atoms with Gasteiger partial charge in [0.2, 0.25) is 0 Å². The average molecular weight is 920 g/mol. The number of hydrogen-bond donors (Lipinski definition) is 0. The van der Waals surface area contributed by atoms with E-state index < -0.39 is 6.10 Å². The first-order valence-electron chi connectivity index (χ1n) is 29.5. The molecule has 0 saturated heterocycles. The highest BCUT2D eigenvalue weighted by Crippen LogP contribution is 2.18. The third kappa shape index (κ3) is 53.2. The Kier molecular flexibility index (Phi) is 53.7. The van der Waals surface area contributed by atoms with Gasteiger partial charge in [0.1, 0.15) is 13.2 Å². The van der Waals surface area contributed by atoms with Gasteiger partial charge in [-0.05, 0) is 19.3 Å². The number of unbranched alkanes of at least 4 members (excludes halogenated alkanes) is 44. The summed E-state index contributed by atoms with van der Waals surface area (Å²) in [7, 11) is 0. The SMILES string of the molecule is CCCCCCCCCCCCCCCCCCCC(=O)OCC(COC(=O)CCCCCCCCCCCCCCC)OC(=O)CCCCCCCCCCCCCCCCCCC. The van der Waals surface area contributed by atoms with E-state index in [0.29, 0.717) is 19.3 Å². The highest BCUT2D eigenvalue weighted by molar-refractivity contribution is 5.71. The fourth-order valence-electron chi connectivity index (χ4n) is 9.15. The first kappa shape index (κ1) is 63.4. The molecule has 1 atom stereocenters. The van der Waals surface area contributed by atoms with Gasteiger partial charge in [0.05, 0.1) is 0 Å².